The molecule has 104 valence electrons. The summed E-state index contributed by atoms with van der Waals surface area (Å²) in [6, 6.07) is 3.38. The third kappa shape index (κ3) is 2.98. The monoisotopic (exact) mass is 266 g/mol. The van der Waals surface area contributed by atoms with Gasteiger partial charge in [0.05, 0.1) is 12.3 Å². The zero-order valence-electron chi connectivity index (χ0n) is 10.9. The van der Waals surface area contributed by atoms with E-state index in [-0.39, 0.29) is 11.9 Å². The zero-order valence-corrected chi connectivity index (χ0v) is 10.9. The molecule has 19 heavy (non-hydrogen) atoms. The van der Waals surface area contributed by atoms with Crippen LogP contribution in [-0.4, -0.2) is 39.0 Å². The highest BCUT2D eigenvalue weighted by Crippen LogP contribution is 2.29. The largest absolute Gasteiger partial charge is 0.491 e. The van der Waals surface area contributed by atoms with Crippen molar-refractivity contribution >= 4 is 5.69 Å². The number of halogens is 1. The summed E-state index contributed by atoms with van der Waals surface area (Å²) >= 11 is 0. The van der Waals surface area contributed by atoms with Crippen molar-refractivity contribution in [3.63, 3.8) is 0 Å². The standard InChI is InChI=1S/C14H19FN2O2/c15-13-7-11(6-10-2-1-3-17-14(10)13)19-9-12-8-16-4-5-18-12/h6-7,12,16-17H,1-5,8-9H2. The first-order valence-electron chi connectivity index (χ1n) is 6.84. The van der Waals surface area contributed by atoms with Crippen LogP contribution in [0, 0.1) is 5.82 Å². The summed E-state index contributed by atoms with van der Waals surface area (Å²) in [7, 11) is 0. The van der Waals surface area contributed by atoms with Gasteiger partial charge in [-0.05, 0) is 24.5 Å². The van der Waals surface area contributed by atoms with Crippen molar-refractivity contribution in [3.05, 3.63) is 23.5 Å². The van der Waals surface area contributed by atoms with E-state index in [9.17, 15) is 4.39 Å². The van der Waals surface area contributed by atoms with E-state index in [1.165, 1.54) is 6.07 Å². The van der Waals surface area contributed by atoms with Crippen molar-refractivity contribution in [1.82, 2.24) is 5.32 Å². The number of ether oxygens (including phenoxy) is 2. The fourth-order valence-corrected chi connectivity index (χ4v) is 2.52. The lowest BCUT2D eigenvalue weighted by molar-refractivity contribution is 0.000125. The van der Waals surface area contributed by atoms with Crippen LogP contribution in [0.4, 0.5) is 10.1 Å². The van der Waals surface area contributed by atoms with Crippen molar-refractivity contribution in [2.24, 2.45) is 0 Å². The number of hydrogen-bond donors (Lipinski definition) is 2. The van der Waals surface area contributed by atoms with Gasteiger partial charge in [0.2, 0.25) is 0 Å². The molecule has 2 N–H and O–H groups in total. The molecule has 0 aliphatic carbocycles. The molecule has 1 aromatic rings. The van der Waals surface area contributed by atoms with E-state index in [4.69, 9.17) is 9.47 Å². The maximum atomic E-state index is 13.9. The van der Waals surface area contributed by atoms with Crippen LogP contribution in [0.1, 0.15) is 12.0 Å². The van der Waals surface area contributed by atoms with E-state index >= 15 is 0 Å². The Morgan fingerprint density at radius 1 is 1.37 bits per heavy atom. The average molecular weight is 266 g/mol. The SMILES string of the molecule is Fc1cc(OCC2CNCCO2)cc2c1NCCC2. The van der Waals surface area contributed by atoms with Gasteiger partial charge in [0.25, 0.3) is 0 Å². The molecule has 0 aromatic heterocycles. The molecular weight excluding hydrogens is 247 g/mol. The van der Waals surface area contributed by atoms with Gasteiger partial charge in [0, 0.05) is 25.7 Å². The summed E-state index contributed by atoms with van der Waals surface area (Å²) in [5.74, 6) is 0.365. The molecule has 0 radical (unpaired) electrons. The number of hydrogen-bond acceptors (Lipinski definition) is 4. The number of anilines is 1. The minimum Gasteiger partial charge on any atom is -0.491 e. The van der Waals surface area contributed by atoms with Gasteiger partial charge in [0.15, 0.2) is 0 Å². The number of rotatable bonds is 3. The molecule has 0 spiro atoms. The van der Waals surface area contributed by atoms with Crippen LogP contribution < -0.4 is 15.4 Å². The zero-order chi connectivity index (χ0) is 13.1. The van der Waals surface area contributed by atoms with Crippen molar-refractivity contribution in [2.45, 2.75) is 18.9 Å². The molecule has 1 aromatic carbocycles. The first kappa shape index (κ1) is 12.7. The molecule has 5 heteroatoms. The Balaban J connectivity index is 1.65. The van der Waals surface area contributed by atoms with E-state index in [1.807, 2.05) is 6.07 Å². The second kappa shape index (κ2) is 5.75. The van der Waals surface area contributed by atoms with Crippen LogP contribution >= 0.6 is 0 Å². The third-order valence-corrected chi connectivity index (χ3v) is 3.51. The highest BCUT2D eigenvalue weighted by molar-refractivity contribution is 5.57. The summed E-state index contributed by atoms with van der Waals surface area (Å²) in [5, 5.41) is 6.34. The minimum atomic E-state index is -0.227. The molecule has 0 bridgehead atoms. The first-order valence-corrected chi connectivity index (χ1v) is 6.84. The van der Waals surface area contributed by atoms with Gasteiger partial charge >= 0.3 is 0 Å². The van der Waals surface area contributed by atoms with Crippen LogP contribution in [0.2, 0.25) is 0 Å². The number of aryl methyl sites for hydroxylation is 1. The van der Waals surface area contributed by atoms with Crippen LogP contribution in [0.3, 0.4) is 0 Å². The van der Waals surface area contributed by atoms with E-state index in [0.29, 0.717) is 24.7 Å². The minimum absolute atomic E-state index is 0.0472. The Bertz CT molecular complexity index is 447. The van der Waals surface area contributed by atoms with E-state index in [0.717, 1.165) is 38.0 Å². The normalized spacial score (nSPS) is 22.5. The molecule has 2 aliphatic heterocycles. The van der Waals surface area contributed by atoms with Gasteiger partial charge in [-0.25, -0.2) is 4.39 Å². The Morgan fingerprint density at radius 3 is 3.16 bits per heavy atom. The molecule has 1 saturated heterocycles. The van der Waals surface area contributed by atoms with Crippen LogP contribution in [0.25, 0.3) is 0 Å². The quantitative estimate of drug-likeness (QED) is 0.871. The number of benzene rings is 1. The molecule has 0 saturated carbocycles. The summed E-state index contributed by atoms with van der Waals surface area (Å²) in [6.07, 6.45) is 1.98. The van der Waals surface area contributed by atoms with Crippen molar-refractivity contribution in [3.8, 4) is 5.75 Å². The fraction of sp³-hybridized carbons (Fsp3) is 0.571. The number of nitrogens with one attached hydrogen (secondary N) is 2. The van der Waals surface area contributed by atoms with Gasteiger partial charge in [-0.15, -0.1) is 0 Å². The topological polar surface area (TPSA) is 42.5 Å². The number of morpholine rings is 1. The molecule has 1 atom stereocenters. The van der Waals surface area contributed by atoms with Crippen molar-refractivity contribution < 1.29 is 13.9 Å². The van der Waals surface area contributed by atoms with Gasteiger partial charge in [-0.1, -0.05) is 0 Å². The van der Waals surface area contributed by atoms with Gasteiger partial charge in [0.1, 0.15) is 24.3 Å². The summed E-state index contributed by atoms with van der Waals surface area (Å²) < 4.78 is 25.1. The van der Waals surface area contributed by atoms with Crippen molar-refractivity contribution in [2.75, 3.05) is 38.2 Å². The summed E-state index contributed by atoms with van der Waals surface area (Å²) in [5.41, 5.74) is 1.64. The van der Waals surface area contributed by atoms with E-state index in [1.54, 1.807) is 0 Å². The van der Waals surface area contributed by atoms with E-state index in [2.05, 4.69) is 10.6 Å². The lowest BCUT2D eigenvalue weighted by Crippen LogP contribution is -2.41. The fourth-order valence-electron chi connectivity index (χ4n) is 2.52. The predicted octanol–water partition coefficient (Wildman–Crippen LogP) is 1.55. The third-order valence-electron chi connectivity index (χ3n) is 3.51. The molecule has 1 fully saturated rings. The van der Waals surface area contributed by atoms with Crippen LogP contribution in [-0.2, 0) is 11.2 Å². The Morgan fingerprint density at radius 2 is 2.32 bits per heavy atom. The smallest absolute Gasteiger partial charge is 0.150 e. The number of fused-ring (bicyclic) bond motifs is 1. The van der Waals surface area contributed by atoms with E-state index < -0.39 is 0 Å². The second-order valence-corrected chi connectivity index (χ2v) is 4.98. The molecule has 2 heterocycles. The Labute approximate surface area is 112 Å². The Kier molecular flexibility index (Phi) is 3.84. The maximum absolute atomic E-state index is 13.9. The average Bonchev–Trinajstić information content (AvgIpc) is 2.46. The van der Waals surface area contributed by atoms with Crippen LogP contribution in [0.5, 0.6) is 5.75 Å². The molecule has 4 nitrogen and oxygen atoms in total. The maximum Gasteiger partial charge on any atom is 0.150 e. The molecule has 1 unspecified atom stereocenters. The first-order chi connectivity index (χ1) is 9.33. The molecular formula is C14H19FN2O2. The van der Waals surface area contributed by atoms with Gasteiger partial charge < -0.3 is 20.1 Å². The second-order valence-electron chi connectivity index (χ2n) is 4.98. The predicted molar refractivity (Wildman–Crippen MR) is 71.3 cm³/mol. The molecule has 2 aliphatic rings. The summed E-state index contributed by atoms with van der Waals surface area (Å²) in [6.45, 7) is 3.67. The summed E-state index contributed by atoms with van der Waals surface area (Å²) in [4.78, 5) is 0. The van der Waals surface area contributed by atoms with Gasteiger partial charge in [-0.3, -0.25) is 0 Å². The highest BCUT2D eigenvalue weighted by Gasteiger charge is 2.17. The van der Waals surface area contributed by atoms with Crippen LogP contribution in [0.15, 0.2) is 12.1 Å². The van der Waals surface area contributed by atoms with Gasteiger partial charge in [-0.2, -0.15) is 0 Å². The highest BCUT2D eigenvalue weighted by atomic mass is 19.1. The molecule has 3 rings (SSSR count). The lowest BCUT2D eigenvalue weighted by atomic mass is 10.0. The van der Waals surface area contributed by atoms with Crippen molar-refractivity contribution in [1.29, 1.82) is 0 Å². The Hall–Kier alpha value is -1.33. The lowest BCUT2D eigenvalue weighted by Gasteiger charge is -2.24. The molecule has 0 amide bonds.